The highest BCUT2D eigenvalue weighted by atomic mass is 16.5. The number of nitrogens with one attached hydrogen (secondary N) is 1. The number of nitrogens with zero attached hydrogens (tertiary/aromatic N) is 1. The predicted octanol–water partition coefficient (Wildman–Crippen LogP) is 1.46. The average molecular weight is 250 g/mol. The van der Waals surface area contributed by atoms with Gasteiger partial charge in [0, 0.05) is 24.9 Å². The number of aromatic nitrogens is 1. The Labute approximate surface area is 107 Å². The first-order valence-electron chi connectivity index (χ1n) is 6.00. The van der Waals surface area contributed by atoms with Gasteiger partial charge in [0.1, 0.15) is 0 Å². The van der Waals surface area contributed by atoms with Crippen molar-refractivity contribution < 1.29 is 14.3 Å². The van der Waals surface area contributed by atoms with Crippen molar-refractivity contribution in [1.82, 2.24) is 10.3 Å². The van der Waals surface area contributed by atoms with Crippen molar-refractivity contribution in [2.24, 2.45) is 0 Å². The minimum Gasteiger partial charge on any atom is -0.466 e. The molecule has 0 saturated heterocycles. The fourth-order valence-corrected chi connectivity index (χ4v) is 1.49. The Kier molecular flexibility index (Phi) is 5.84. The molecular weight excluding hydrogens is 232 g/mol. The van der Waals surface area contributed by atoms with Crippen LogP contribution in [0.2, 0.25) is 0 Å². The Morgan fingerprint density at radius 1 is 1.44 bits per heavy atom. The highest BCUT2D eigenvalue weighted by Crippen LogP contribution is 2.03. The van der Waals surface area contributed by atoms with Gasteiger partial charge < -0.3 is 10.1 Å². The highest BCUT2D eigenvalue weighted by molar-refractivity contribution is 5.95. The zero-order chi connectivity index (χ0) is 13.4. The molecule has 0 spiro atoms. The van der Waals surface area contributed by atoms with E-state index in [1.165, 1.54) is 0 Å². The minimum absolute atomic E-state index is 0.163. The molecule has 1 N–H and O–H groups in total. The van der Waals surface area contributed by atoms with Crippen molar-refractivity contribution in [2.75, 3.05) is 13.2 Å². The van der Waals surface area contributed by atoms with Crippen LogP contribution in [0.15, 0.2) is 18.3 Å². The van der Waals surface area contributed by atoms with E-state index in [0.29, 0.717) is 37.3 Å². The molecule has 18 heavy (non-hydrogen) atoms. The van der Waals surface area contributed by atoms with Crippen LogP contribution in [0.4, 0.5) is 0 Å². The van der Waals surface area contributed by atoms with Crippen molar-refractivity contribution in [2.45, 2.75) is 26.7 Å². The maximum absolute atomic E-state index is 11.8. The number of esters is 1. The number of rotatable bonds is 6. The molecule has 1 aromatic rings. The molecule has 0 aliphatic heterocycles. The average Bonchev–Trinajstić information content (AvgIpc) is 2.35. The van der Waals surface area contributed by atoms with Crippen molar-refractivity contribution in [3.05, 3.63) is 29.6 Å². The molecule has 0 radical (unpaired) electrons. The second-order valence-corrected chi connectivity index (χ2v) is 3.80. The first-order chi connectivity index (χ1) is 8.65. The summed E-state index contributed by atoms with van der Waals surface area (Å²) in [7, 11) is 0. The Bertz CT molecular complexity index is 418. The normalized spacial score (nSPS) is 9.89. The zero-order valence-corrected chi connectivity index (χ0v) is 10.7. The van der Waals surface area contributed by atoms with Crippen LogP contribution >= 0.6 is 0 Å². The third-order valence-electron chi connectivity index (χ3n) is 2.40. The van der Waals surface area contributed by atoms with Gasteiger partial charge in [-0.3, -0.25) is 14.6 Å². The molecule has 0 aliphatic carbocycles. The van der Waals surface area contributed by atoms with E-state index in [1.54, 1.807) is 32.2 Å². The van der Waals surface area contributed by atoms with E-state index in [2.05, 4.69) is 10.3 Å². The molecule has 0 unspecified atom stereocenters. The van der Waals surface area contributed by atoms with Gasteiger partial charge in [-0.2, -0.15) is 0 Å². The molecule has 1 heterocycles. The Morgan fingerprint density at radius 3 is 2.89 bits per heavy atom. The van der Waals surface area contributed by atoms with Crippen molar-refractivity contribution in [1.29, 1.82) is 0 Å². The molecule has 1 aromatic heterocycles. The fraction of sp³-hybridized carbons (Fsp3) is 0.462. The molecule has 0 bridgehead atoms. The largest absolute Gasteiger partial charge is 0.466 e. The lowest BCUT2D eigenvalue weighted by molar-refractivity contribution is -0.143. The Hall–Kier alpha value is -1.91. The quantitative estimate of drug-likeness (QED) is 0.613. The third-order valence-corrected chi connectivity index (χ3v) is 2.40. The van der Waals surface area contributed by atoms with E-state index in [1.807, 2.05) is 0 Å². The summed E-state index contributed by atoms with van der Waals surface area (Å²) in [6.07, 6.45) is 2.54. The van der Waals surface area contributed by atoms with E-state index in [4.69, 9.17) is 4.74 Å². The second kappa shape index (κ2) is 7.42. The molecule has 1 amide bonds. The summed E-state index contributed by atoms with van der Waals surface area (Å²) in [6, 6.07) is 3.45. The van der Waals surface area contributed by atoms with E-state index >= 15 is 0 Å². The van der Waals surface area contributed by atoms with Crippen LogP contribution in [-0.4, -0.2) is 30.0 Å². The molecular formula is C13H18N2O3. The van der Waals surface area contributed by atoms with Crippen LogP contribution < -0.4 is 5.32 Å². The molecule has 0 aromatic carbocycles. The number of carbonyl (C=O) groups is 2. The maximum atomic E-state index is 11.8. The van der Waals surface area contributed by atoms with Crippen molar-refractivity contribution >= 4 is 11.9 Å². The topological polar surface area (TPSA) is 68.3 Å². The van der Waals surface area contributed by atoms with Crippen LogP contribution in [0.25, 0.3) is 0 Å². The number of hydrogen-bond donors (Lipinski definition) is 1. The minimum atomic E-state index is -0.232. The molecule has 5 nitrogen and oxygen atoms in total. The summed E-state index contributed by atoms with van der Waals surface area (Å²) in [6.45, 7) is 4.39. The predicted molar refractivity (Wildman–Crippen MR) is 67.2 cm³/mol. The van der Waals surface area contributed by atoms with Gasteiger partial charge in [-0.05, 0) is 32.4 Å². The summed E-state index contributed by atoms with van der Waals surface area (Å²) in [5.74, 6) is -0.395. The number of ether oxygens (including phenoxy) is 1. The molecule has 0 fully saturated rings. The Morgan fingerprint density at radius 2 is 2.22 bits per heavy atom. The summed E-state index contributed by atoms with van der Waals surface area (Å²) in [4.78, 5) is 26.9. The van der Waals surface area contributed by atoms with E-state index in [9.17, 15) is 9.59 Å². The standard InChI is InChI=1S/C13H18N2O3/c1-3-18-12(16)7-5-9-15-13(17)11-6-4-8-14-10(11)2/h4,6,8H,3,5,7,9H2,1-2H3,(H,15,17). The number of carbonyl (C=O) groups excluding carboxylic acids is 2. The lowest BCUT2D eigenvalue weighted by Gasteiger charge is -2.06. The van der Waals surface area contributed by atoms with Crippen LogP contribution in [0.5, 0.6) is 0 Å². The molecule has 98 valence electrons. The number of aryl methyl sites for hydroxylation is 1. The van der Waals surface area contributed by atoms with Gasteiger partial charge in [-0.25, -0.2) is 0 Å². The molecule has 0 atom stereocenters. The maximum Gasteiger partial charge on any atom is 0.305 e. The Balaban J connectivity index is 2.30. The van der Waals surface area contributed by atoms with Crippen molar-refractivity contribution in [3.63, 3.8) is 0 Å². The smallest absolute Gasteiger partial charge is 0.305 e. The molecule has 1 rings (SSSR count). The highest BCUT2D eigenvalue weighted by Gasteiger charge is 2.08. The molecule has 0 aliphatic rings. The lowest BCUT2D eigenvalue weighted by atomic mass is 10.2. The van der Waals surface area contributed by atoms with Gasteiger partial charge in [0.05, 0.1) is 12.2 Å². The SMILES string of the molecule is CCOC(=O)CCCNC(=O)c1cccnc1C. The van der Waals surface area contributed by atoms with Crippen LogP contribution in [0, 0.1) is 6.92 Å². The molecule has 5 heteroatoms. The lowest BCUT2D eigenvalue weighted by Crippen LogP contribution is -2.26. The van der Waals surface area contributed by atoms with Gasteiger partial charge in [-0.15, -0.1) is 0 Å². The van der Waals surface area contributed by atoms with E-state index in [-0.39, 0.29) is 11.9 Å². The van der Waals surface area contributed by atoms with E-state index < -0.39 is 0 Å². The monoisotopic (exact) mass is 250 g/mol. The van der Waals surface area contributed by atoms with Gasteiger partial charge in [0.2, 0.25) is 0 Å². The number of pyridine rings is 1. The number of amides is 1. The zero-order valence-electron chi connectivity index (χ0n) is 10.7. The molecule has 0 saturated carbocycles. The van der Waals surface area contributed by atoms with Gasteiger partial charge in [0.25, 0.3) is 5.91 Å². The number of hydrogen-bond acceptors (Lipinski definition) is 4. The summed E-state index contributed by atoms with van der Waals surface area (Å²) in [5.41, 5.74) is 1.26. The summed E-state index contributed by atoms with van der Waals surface area (Å²) in [5, 5.41) is 2.75. The first kappa shape index (κ1) is 14.2. The first-order valence-corrected chi connectivity index (χ1v) is 6.00. The third kappa shape index (κ3) is 4.53. The van der Waals surface area contributed by atoms with Crippen molar-refractivity contribution in [3.8, 4) is 0 Å². The van der Waals surface area contributed by atoms with Gasteiger partial charge in [0.15, 0.2) is 0 Å². The van der Waals surface area contributed by atoms with Crippen LogP contribution in [0.1, 0.15) is 35.8 Å². The fourth-order valence-electron chi connectivity index (χ4n) is 1.49. The van der Waals surface area contributed by atoms with E-state index in [0.717, 1.165) is 0 Å². The van der Waals surface area contributed by atoms with Crippen LogP contribution in [-0.2, 0) is 9.53 Å². The second-order valence-electron chi connectivity index (χ2n) is 3.80. The van der Waals surface area contributed by atoms with Gasteiger partial charge in [-0.1, -0.05) is 0 Å². The van der Waals surface area contributed by atoms with Crippen LogP contribution in [0.3, 0.4) is 0 Å². The summed E-state index contributed by atoms with van der Waals surface area (Å²) >= 11 is 0. The van der Waals surface area contributed by atoms with Gasteiger partial charge >= 0.3 is 5.97 Å². The summed E-state index contributed by atoms with van der Waals surface area (Å²) < 4.78 is 4.79.